The molecule has 1 aliphatic rings. The first-order chi connectivity index (χ1) is 10.6. The summed E-state index contributed by atoms with van der Waals surface area (Å²) in [5.74, 6) is 0. The first-order valence-electron chi connectivity index (χ1n) is 8.19. The fourth-order valence-corrected chi connectivity index (χ4v) is 3.85. The van der Waals surface area contributed by atoms with Crippen molar-refractivity contribution in [2.24, 2.45) is 0 Å². The largest absolute Gasteiger partial charge is 0.360 e. The van der Waals surface area contributed by atoms with Crippen LogP contribution in [0.15, 0.2) is 42.5 Å². The van der Waals surface area contributed by atoms with Gasteiger partial charge in [0.05, 0.1) is 0 Å². The van der Waals surface area contributed by atoms with Crippen LogP contribution in [0.5, 0.6) is 0 Å². The number of hydrogen-bond acceptors (Lipinski definition) is 1. The second kappa shape index (κ2) is 6.66. The van der Waals surface area contributed by atoms with E-state index < -0.39 is 0 Å². The zero-order valence-corrected chi connectivity index (χ0v) is 14.2. The topological polar surface area (TPSA) is 15.3 Å². The van der Waals surface area contributed by atoms with Gasteiger partial charge in [0, 0.05) is 18.6 Å². The molecule has 0 saturated carbocycles. The summed E-state index contributed by atoms with van der Waals surface area (Å²) in [4.78, 5) is 2.39. The lowest BCUT2D eigenvalue weighted by Crippen LogP contribution is -2.45. The van der Waals surface area contributed by atoms with E-state index in [4.69, 9.17) is 12.2 Å². The highest BCUT2D eigenvalue weighted by atomic mass is 32.1. The minimum atomic E-state index is 0.395. The van der Waals surface area contributed by atoms with E-state index in [1.807, 2.05) is 0 Å². The summed E-state index contributed by atoms with van der Waals surface area (Å²) in [6.07, 6.45) is 3.53. The third-order valence-electron chi connectivity index (χ3n) is 4.39. The van der Waals surface area contributed by atoms with Crippen LogP contribution < -0.4 is 5.32 Å². The van der Waals surface area contributed by atoms with Crippen LogP contribution in [0.3, 0.4) is 0 Å². The van der Waals surface area contributed by atoms with Gasteiger partial charge in [-0.1, -0.05) is 42.5 Å². The predicted octanol–water partition coefficient (Wildman–Crippen LogP) is 4.13. The third kappa shape index (κ3) is 3.25. The molecule has 1 N–H and O–H groups in total. The summed E-state index contributed by atoms with van der Waals surface area (Å²) >= 11 is 5.59. The number of benzene rings is 2. The van der Waals surface area contributed by atoms with E-state index in [2.05, 4.69) is 66.5 Å². The Hall–Kier alpha value is -1.61. The predicted molar refractivity (Wildman–Crippen MR) is 98.2 cm³/mol. The molecule has 0 spiro atoms. The van der Waals surface area contributed by atoms with Gasteiger partial charge in [0.15, 0.2) is 5.11 Å². The van der Waals surface area contributed by atoms with Crippen molar-refractivity contribution in [3.8, 4) is 0 Å². The van der Waals surface area contributed by atoms with Crippen molar-refractivity contribution in [1.82, 2.24) is 10.2 Å². The van der Waals surface area contributed by atoms with E-state index in [1.165, 1.54) is 29.2 Å². The highest BCUT2D eigenvalue weighted by Gasteiger charge is 2.27. The van der Waals surface area contributed by atoms with Crippen LogP contribution in [0.1, 0.15) is 32.3 Å². The van der Waals surface area contributed by atoms with Crippen LogP contribution in [0, 0.1) is 0 Å². The fraction of sp³-hybridized carbons (Fsp3) is 0.421. The Labute approximate surface area is 138 Å². The van der Waals surface area contributed by atoms with E-state index in [0.29, 0.717) is 12.1 Å². The first kappa shape index (κ1) is 15.3. The Kier molecular flexibility index (Phi) is 4.63. The van der Waals surface area contributed by atoms with Crippen molar-refractivity contribution < 1.29 is 0 Å². The van der Waals surface area contributed by atoms with Crippen LogP contribution in [0.4, 0.5) is 0 Å². The normalized spacial score (nSPS) is 18.1. The highest BCUT2D eigenvalue weighted by molar-refractivity contribution is 7.80. The summed E-state index contributed by atoms with van der Waals surface area (Å²) in [5, 5.41) is 7.01. The average molecular weight is 312 g/mol. The van der Waals surface area contributed by atoms with Crippen molar-refractivity contribution in [2.45, 2.75) is 45.2 Å². The van der Waals surface area contributed by atoms with Crippen LogP contribution >= 0.6 is 12.2 Å². The molecule has 3 heteroatoms. The van der Waals surface area contributed by atoms with Crippen molar-refractivity contribution in [1.29, 1.82) is 0 Å². The molecule has 0 unspecified atom stereocenters. The van der Waals surface area contributed by atoms with E-state index in [-0.39, 0.29) is 0 Å². The molecule has 2 aromatic rings. The second-order valence-corrected chi connectivity index (χ2v) is 6.82. The van der Waals surface area contributed by atoms with Gasteiger partial charge in [0.2, 0.25) is 0 Å². The molecular formula is C19H24N2S. The van der Waals surface area contributed by atoms with Crippen LogP contribution in [-0.4, -0.2) is 28.6 Å². The van der Waals surface area contributed by atoms with Crippen molar-refractivity contribution >= 4 is 28.1 Å². The maximum Gasteiger partial charge on any atom is 0.169 e. The minimum Gasteiger partial charge on any atom is -0.360 e. The van der Waals surface area contributed by atoms with E-state index >= 15 is 0 Å². The molecule has 1 atom stereocenters. The van der Waals surface area contributed by atoms with Crippen molar-refractivity contribution in [3.05, 3.63) is 48.0 Å². The number of hydrogen-bond donors (Lipinski definition) is 1. The summed E-state index contributed by atoms with van der Waals surface area (Å²) in [6, 6.07) is 16.2. The van der Waals surface area contributed by atoms with Gasteiger partial charge >= 0.3 is 0 Å². The third-order valence-corrected chi connectivity index (χ3v) is 4.74. The molecule has 2 nitrogen and oxygen atoms in total. The van der Waals surface area contributed by atoms with Crippen LogP contribution in [0.25, 0.3) is 10.8 Å². The Morgan fingerprint density at radius 3 is 2.82 bits per heavy atom. The molecule has 1 saturated heterocycles. The molecule has 3 rings (SSSR count). The monoisotopic (exact) mass is 312 g/mol. The van der Waals surface area contributed by atoms with Crippen molar-refractivity contribution in [3.63, 3.8) is 0 Å². The molecule has 1 fully saturated rings. The molecule has 1 heterocycles. The molecule has 22 heavy (non-hydrogen) atoms. The Bertz CT molecular complexity index is 660. The van der Waals surface area contributed by atoms with E-state index in [1.54, 1.807) is 0 Å². The molecule has 0 amide bonds. The quantitative estimate of drug-likeness (QED) is 0.858. The molecule has 116 valence electrons. The van der Waals surface area contributed by atoms with E-state index in [9.17, 15) is 0 Å². The van der Waals surface area contributed by atoms with Crippen LogP contribution in [-0.2, 0) is 6.42 Å². The lowest BCUT2D eigenvalue weighted by molar-refractivity contribution is 0.378. The summed E-state index contributed by atoms with van der Waals surface area (Å²) < 4.78 is 0. The number of fused-ring (bicyclic) bond motifs is 1. The van der Waals surface area contributed by atoms with E-state index in [0.717, 1.165) is 18.1 Å². The zero-order chi connectivity index (χ0) is 15.5. The second-order valence-electron chi connectivity index (χ2n) is 6.44. The highest BCUT2D eigenvalue weighted by Crippen LogP contribution is 2.25. The molecule has 1 aliphatic heterocycles. The molecule has 2 aromatic carbocycles. The Morgan fingerprint density at radius 2 is 2.00 bits per heavy atom. The lowest BCUT2D eigenvalue weighted by Gasteiger charge is -2.29. The number of nitrogens with zero attached hydrogens (tertiary/aromatic N) is 1. The molecule has 0 aliphatic carbocycles. The standard InChI is InChI=1S/C19H24N2S/c1-14(2)20-19(22)21-12-6-10-17(21)13-16-9-5-8-15-7-3-4-11-18(15)16/h3-5,7-9,11,14,17H,6,10,12-13H2,1-2H3,(H,20,22)/t17-/m1/s1. The van der Waals surface area contributed by atoms with Gasteiger partial charge in [-0.3, -0.25) is 0 Å². The van der Waals surface area contributed by atoms with Gasteiger partial charge in [0.1, 0.15) is 0 Å². The average Bonchev–Trinajstić information content (AvgIpc) is 2.95. The number of likely N-dealkylation sites (tertiary alicyclic amines) is 1. The molecule has 0 radical (unpaired) electrons. The van der Waals surface area contributed by atoms with Gasteiger partial charge in [-0.15, -0.1) is 0 Å². The van der Waals surface area contributed by atoms with Gasteiger partial charge < -0.3 is 10.2 Å². The summed E-state index contributed by atoms with van der Waals surface area (Å²) in [6.45, 7) is 5.36. The maximum absolute atomic E-state index is 5.59. The van der Waals surface area contributed by atoms with Gasteiger partial charge in [-0.05, 0) is 61.7 Å². The SMILES string of the molecule is CC(C)NC(=S)N1CCC[C@@H]1Cc1cccc2ccccc12. The minimum absolute atomic E-state index is 0.395. The number of nitrogens with one attached hydrogen (secondary N) is 1. The number of thiocarbonyl (C=S) groups is 1. The van der Waals surface area contributed by atoms with Crippen LogP contribution in [0.2, 0.25) is 0 Å². The summed E-state index contributed by atoms with van der Waals surface area (Å²) in [7, 11) is 0. The number of rotatable bonds is 3. The van der Waals surface area contributed by atoms with Gasteiger partial charge in [-0.2, -0.15) is 0 Å². The Morgan fingerprint density at radius 1 is 1.23 bits per heavy atom. The molecular weight excluding hydrogens is 288 g/mol. The fourth-order valence-electron chi connectivity index (χ4n) is 3.37. The lowest BCUT2D eigenvalue weighted by atomic mass is 9.98. The first-order valence-corrected chi connectivity index (χ1v) is 8.60. The smallest absolute Gasteiger partial charge is 0.169 e. The molecule has 0 aromatic heterocycles. The maximum atomic E-state index is 5.59. The molecule has 0 bridgehead atoms. The summed E-state index contributed by atoms with van der Waals surface area (Å²) in [5.41, 5.74) is 1.43. The van der Waals surface area contributed by atoms with Crippen molar-refractivity contribution in [2.75, 3.05) is 6.54 Å². The zero-order valence-electron chi connectivity index (χ0n) is 13.4. The van der Waals surface area contributed by atoms with Gasteiger partial charge in [-0.25, -0.2) is 0 Å². The Balaban J connectivity index is 1.80. The van der Waals surface area contributed by atoms with Gasteiger partial charge in [0.25, 0.3) is 0 Å².